The third-order valence-electron chi connectivity index (χ3n) is 4.56. The number of likely N-dealkylation sites (tertiary alicyclic amines) is 1. The lowest BCUT2D eigenvalue weighted by atomic mass is 10.0. The maximum atomic E-state index is 12.2. The van der Waals surface area contributed by atoms with Gasteiger partial charge in [0.1, 0.15) is 6.04 Å². The molecule has 2 fully saturated rings. The minimum Gasteiger partial charge on any atom is -0.358 e. The fraction of sp³-hybridized carbons (Fsp3) is 0.643. The second-order valence-electron chi connectivity index (χ2n) is 6.11. The van der Waals surface area contributed by atoms with E-state index in [2.05, 4.69) is 27.0 Å². The average molecular weight is 343 g/mol. The summed E-state index contributed by atoms with van der Waals surface area (Å²) in [7, 11) is -1.84. The number of carbonyl (C=O) groups is 1. The summed E-state index contributed by atoms with van der Waals surface area (Å²) in [5.41, 5.74) is 1.26. The van der Waals surface area contributed by atoms with Crippen molar-refractivity contribution in [3.63, 3.8) is 0 Å². The van der Waals surface area contributed by atoms with Crippen molar-refractivity contribution >= 4 is 27.3 Å². The molecule has 0 saturated carbocycles. The first-order valence-corrected chi connectivity index (χ1v) is 10.1. The molecule has 0 spiro atoms. The Morgan fingerprint density at radius 1 is 1.45 bits per heavy atom. The number of sulfonamides is 1. The van der Waals surface area contributed by atoms with E-state index in [1.807, 2.05) is 0 Å². The number of carbonyl (C=O) groups excluding carboxylic acids is 1. The van der Waals surface area contributed by atoms with Crippen LogP contribution in [0.1, 0.15) is 12.0 Å². The molecule has 2 saturated heterocycles. The van der Waals surface area contributed by atoms with Gasteiger partial charge in [-0.25, -0.2) is 8.42 Å². The topological polar surface area (TPSA) is 69.7 Å². The molecular weight excluding hydrogens is 322 g/mol. The molecule has 22 heavy (non-hydrogen) atoms. The normalized spacial score (nSPS) is 29.6. The fourth-order valence-corrected chi connectivity index (χ4v) is 5.75. The van der Waals surface area contributed by atoms with Crippen LogP contribution in [0.4, 0.5) is 0 Å². The molecule has 3 heterocycles. The average Bonchev–Trinajstić information content (AvgIpc) is 3.11. The Labute approximate surface area is 135 Å². The van der Waals surface area contributed by atoms with Gasteiger partial charge in [-0.15, -0.1) is 0 Å². The van der Waals surface area contributed by atoms with Crippen LogP contribution in [0.2, 0.25) is 0 Å². The molecule has 122 valence electrons. The van der Waals surface area contributed by atoms with Crippen LogP contribution in [-0.4, -0.2) is 62.0 Å². The van der Waals surface area contributed by atoms with E-state index < -0.39 is 16.1 Å². The van der Waals surface area contributed by atoms with Crippen LogP contribution in [0.3, 0.4) is 0 Å². The van der Waals surface area contributed by atoms with E-state index in [1.54, 1.807) is 18.4 Å². The summed E-state index contributed by atoms with van der Waals surface area (Å²) in [6.07, 6.45) is 1.81. The third-order valence-corrected chi connectivity index (χ3v) is 6.58. The second kappa shape index (κ2) is 5.92. The number of nitrogens with zero attached hydrogens (tertiary/aromatic N) is 2. The summed E-state index contributed by atoms with van der Waals surface area (Å²) in [4.78, 5) is 14.3. The number of likely N-dealkylation sites (N-methyl/N-ethyl adjacent to an activating group) is 1. The Morgan fingerprint density at radius 2 is 2.23 bits per heavy atom. The molecule has 3 rings (SSSR count). The molecule has 0 radical (unpaired) electrons. The van der Waals surface area contributed by atoms with Gasteiger partial charge < -0.3 is 5.32 Å². The van der Waals surface area contributed by atoms with E-state index in [-0.39, 0.29) is 17.9 Å². The Morgan fingerprint density at radius 3 is 2.82 bits per heavy atom. The predicted octanol–water partition coefficient (Wildman–Crippen LogP) is 0.328. The van der Waals surface area contributed by atoms with Gasteiger partial charge in [0.25, 0.3) is 0 Å². The van der Waals surface area contributed by atoms with Crippen molar-refractivity contribution in [3.8, 4) is 0 Å². The smallest absolute Gasteiger partial charge is 0.238 e. The number of rotatable bonds is 4. The van der Waals surface area contributed by atoms with Gasteiger partial charge in [0.15, 0.2) is 0 Å². The molecule has 2 aliphatic heterocycles. The number of hydrogen-bond donors (Lipinski definition) is 1. The number of hydrogen-bond acceptors (Lipinski definition) is 5. The standard InChI is InChI=1S/C14H21N3O3S2/c1-15-14(18)12-5-11-7-16(6-10-3-4-21-9-10)8-13(11)17(12)22(2,19)20/h3-4,9,11-13H,5-8H2,1-2H3,(H,15,18)/t11-,12-,13+/m1/s1. The SMILES string of the molecule is CNC(=O)[C@H]1C[C@@H]2CN(Cc3ccsc3)C[C@@H]2N1S(C)(=O)=O. The molecule has 1 N–H and O–H groups in total. The van der Waals surface area contributed by atoms with Crippen molar-refractivity contribution < 1.29 is 13.2 Å². The van der Waals surface area contributed by atoms with Crippen LogP contribution in [0.5, 0.6) is 0 Å². The lowest BCUT2D eigenvalue weighted by Gasteiger charge is -2.27. The molecule has 1 amide bonds. The summed E-state index contributed by atoms with van der Waals surface area (Å²) in [6, 6.07) is 1.45. The molecule has 0 aliphatic carbocycles. The molecule has 2 aliphatic rings. The molecule has 3 atom stereocenters. The van der Waals surface area contributed by atoms with Crippen molar-refractivity contribution in [2.75, 3.05) is 26.4 Å². The Bertz CT molecular complexity index is 644. The molecule has 1 aromatic rings. The van der Waals surface area contributed by atoms with Gasteiger partial charge in [-0.05, 0) is 34.7 Å². The lowest BCUT2D eigenvalue weighted by Crippen LogP contribution is -2.49. The Hall–Kier alpha value is -0.960. The summed E-state index contributed by atoms with van der Waals surface area (Å²) in [5, 5.41) is 6.76. The first kappa shape index (κ1) is 15.9. The van der Waals surface area contributed by atoms with Crippen LogP contribution in [0.15, 0.2) is 16.8 Å². The van der Waals surface area contributed by atoms with Gasteiger partial charge in [0.05, 0.1) is 6.26 Å². The monoisotopic (exact) mass is 343 g/mol. The van der Waals surface area contributed by atoms with Crippen LogP contribution in [0, 0.1) is 5.92 Å². The van der Waals surface area contributed by atoms with Crippen LogP contribution >= 0.6 is 11.3 Å². The highest BCUT2D eigenvalue weighted by atomic mass is 32.2. The van der Waals surface area contributed by atoms with Crippen LogP contribution < -0.4 is 5.32 Å². The van der Waals surface area contributed by atoms with Gasteiger partial charge >= 0.3 is 0 Å². The Balaban J connectivity index is 1.76. The first-order chi connectivity index (χ1) is 10.4. The maximum absolute atomic E-state index is 12.2. The van der Waals surface area contributed by atoms with E-state index in [1.165, 1.54) is 16.1 Å². The van der Waals surface area contributed by atoms with Crippen LogP contribution in [0.25, 0.3) is 0 Å². The highest BCUT2D eigenvalue weighted by Crippen LogP contribution is 2.38. The number of amides is 1. The summed E-state index contributed by atoms with van der Waals surface area (Å²) in [5.74, 6) is 0.0277. The van der Waals surface area contributed by atoms with Crippen molar-refractivity contribution in [2.45, 2.75) is 25.0 Å². The third kappa shape index (κ3) is 2.92. The van der Waals surface area contributed by atoms with E-state index in [9.17, 15) is 13.2 Å². The van der Waals surface area contributed by atoms with E-state index >= 15 is 0 Å². The van der Waals surface area contributed by atoms with Gasteiger partial charge in [-0.3, -0.25) is 9.69 Å². The molecule has 6 nitrogen and oxygen atoms in total. The van der Waals surface area contributed by atoms with Crippen molar-refractivity contribution in [3.05, 3.63) is 22.4 Å². The number of thiophene rings is 1. The quantitative estimate of drug-likeness (QED) is 0.855. The zero-order valence-corrected chi connectivity index (χ0v) is 14.4. The highest BCUT2D eigenvalue weighted by Gasteiger charge is 2.52. The van der Waals surface area contributed by atoms with Crippen LogP contribution in [-0.2, 0) is 21.4 Å². The highest BCUT2D eigenvalue weighted by molar-refractivity contribution is 7.88. The summed E-state index contributed by atoms with van der Waals surface area (Å²) in [6.45, 7) is 2.39. The molecule has 0 unspecified atom stereocenters. The van der Waals surface area contributed by atoms with Crippen molar-refractivity contribution in [1.29, 1.82) is 0 Å². The fourth-order valence-electron chi connectivity index (χ4n) is 3.72. The zero-order valence-electron chi connectivity index (χ0n) is 12.7. The maximum Gasteiger partial charge on any atom is 0.238 e. The molecule has 1 aromatic heterocycles. The van der Waals surface area contributed by atoms with E-state index in [0.29, 0.717) is 13.0 Å². The minimum absolute atomic E-state index is 0.0871. The molecule has 0 aromatic carbocycles. The first-order valence-electron chi connectivity index (χ1n) is 7.33. The minimum atomic E-state index is -3.40. The van der Waals surface area contributed by atoms with E-state index in [0.717, 1.165) is 13.1 Å². The predicted molar refractivity (Wildman–Crippen MR) is 86.0 cm³/mol. The van der Waals surface area contributed by atoms with Gasteiger partial charge in [0.2, 0.25) is 15.9 Å². The number of fused-ring (bicyclic) bond motifs is 1. The van der Waals surface area contributed by atoms with Crippen molar-refractivity contribution in [2.24, 2.45) is 5.92 Å². The molecular formula is C14H21N3O3S2. The van der Waals surface area contributed by atoms with Gasteiger partial charge in [-0.2, -0.15) is 15.6 Å². The molecule has 8 heteroatoms. The zero-order chi connectivity index (χ0) is 15.9. The van der Waals surface area contributed by atoms with E-state index in [4.69, 9.17) is 0 Å². The second-order valence-corrected chi connectivity index (χ2v) is 8.78. The number of nitrogens with one attached hydrogen (secondary N) is 1. The largest absolute Gasteiger partial charge is 0.358 e. The Kier molecular flexibility index (Phi) is 4.28. The van der Waals surface area contributed by atoms with Crippen molar-refractivity contribution in [1.82, 2.24) is 14.5 Å². The summed E-state index contributed by atoms with van der Waals surface area (Å²) >= 11 is 1.67. The van der Waals surface area contributed by atoms with Gasteiger partial charge in [-0.1, -0.05) is 0 Å². The lowest BCUT2D eigenvalue weighted by molar-refractivity contribution is -0.124. The summed E-state index contributed by atoms with van der Waals surface area (Å²) < 4.78 is 25.8. The van der Waals surface area contributed by atoms with Gasteiger partial charge in [0, 0.05) is 32.7 Å². The molecule has 0 bridgehead atoms.